The van der Waals surface area contributed by atoms with E-state index in [0.717, 1.165) is 0 Å². The summed E-state index contributed by atoms with van der Waals surface area (Å²) in [4.78, 5) is 24.1. The molecule has 0 spiro atoms. The van der Waals surface area contributed by atoms with E-state index in [2.05, 4.69) is 17.9 Å². The predicted molar refractivity (Wildman–Crippen MR) is 59.4 cm³/mol. The second kappa shape index (κ2) is 5.90. The topological polar surface area (TPSA) is 49.4 Å². The first kappa shape index (κ1) is 13.3. The van der Waals surface area contributed by atoms with E-state index in [9.17, 15) is 9.59 Å². The minimum absolute atomic E-state index is 0.106. The lowest BCUT2D eigenvalue weighted by Gasteiger charge is -2.26. The lowest BCUT2D eigenvalue weighted by molar-refractivity contribution is -0.135. The van der Waals surface area contributed by atoms with Crippen LogP contribution < -0.4 is 5.32 Å². The molecule has 14 heavy (non-hydrogen) atoms. The van der Waals surface area contributed by atoms with Crippen molar-refractivity contribution in [2.45, 2.75) is 32.9 Å². The van der Waals surface area contributed by atoms with Crippen molar-refractivity contribution in [3.05, 3.63) is 0 Å². The van der Waals surface area contributed by atoms with E-state index in [1.807, 2.05) is 13.8 Å². The Labute approximate surface area is 90.4 Å². The molecule has 0 rings (SSSR count). The highest BCUT2D eigenvalue weighted by Gasteiger charge is 2.22. The molecule has 0 fully saturated rings. The van der Waals surface area contributed by atoms with E-state index >= 15 is 0 Å². The van der Waals surface area contributed by atoms with E-state index in [1.54, 1.807) is 11.9 Å². The Bertz CT molecular complexity index is 219. The van der Waals surface area contributed by atoms with Gasteiger partial charge in [-0.15, -0.1) is 0 Å². The highest BCUT2D eigenvalue weighted by atomic mass is 32.1. The van der Waals surface area contributed by atoms with Crippen LogP contribution in [0.4, 0.5) is 0 Å². The zero-order chi connectivity index (χ0) is 11.3. The lowest BCUT2D eigenvalue weighted by Crippen LogP contribution is -2.49. The van der Waals surface area contributed by atoms with Gasteiger partial charge in [-0.1, -0.05) is 0 Å². The number of carbonyl (C=O) groups excluding carboxylic acids is 2. The van der Waals surface area contributed by atoms with Gasteiger partial charge in [0.2, 0.25) is 11.8 Å². The average molecular weight is 218 g/mol. The summed E-state index contributed by atoms with van der Waals surface area (Å²) < 4.78 is 0. The summed E-state index contributed by atoms with van der Waals surface area (Å²) in [5, 5.41) is 2.56. The van der Waals surface area contributed by atoms with Crippen molar-refractivity contribution in [3.63, 3.8) is 0 Å². The van der Waals surface area contributed by atoms with Crippen LogP contribution in [0, 0.1) is 0 Å². The molecule has 0 saturated heterocycles. The highest BCUT2D eigenvalue weighted by molar-refractivity contribution is 7.80. The van der Waals surface area contributed by atoms with E-state index in [0.29, 0.717) is 5.75 Å². The van der Waals surface area contributed by atoms with Gasteiger partial charge in [-0.2, -0.15) is 12.6 Å². The molecule has 5 heteroatoms. The summed E-state index contributed by atoms with van der Waals surface area (Å²) in [5.41, 5.74) is 0. The first-order valence-corrected chi connectivity index (χ1v) is 5.18. The molecule has 0 aliphatic carbocycles. The summed E-state index contributed by atoms with van der Waals surface area (Å²) in [5.74, 6) is -0.00472. The van der Waals surface area contributed by atoms with Crippen LogP contribution >= 0.6 is 12.6 Å². The molecule has 0 heterocycles. The molecule has 0 aromatic carbocycles. The smallest absolute Gasteiger partial charge is 0.245 e. The number of rotatable bonds is 4. The Morgan fingerprint density at radius 1 is 1.43 bits per heavy atom. The maximum atomic E-state index is 11.7. The summed E-state index contributed by atoms with van der Waals surface area (Å²) in [6, 6.07) is -0.401. The van der Waals surface area contributed by atoms with Crippen LogP contribution in [0.3, 0.4) is 0 Å². The molecular formula is C9H18N2O2S. The van der Waals surface area contributed by atoms with Crippen molar-refractivity contribution in [2.75, 3.05) is 12.8 Å². The lowest BCUT2D eigenvalue weighted by atomic mass is 10.2. The van der Waals surface area contributed by atoms with Gasteiger partial charge >= 0.3 is 0 Å². The zero-order valence-corrected chi connectivity index (χ0v) is 9.97. The molecule has 0 aromatic heterocycles. The second-order valence-corrected chi connectivity index (χ2v) is 3.84. The fourth-order valence-corrected chi connectivity index (χ4v) is 1.18. The van der Waals surface area contributed by atoms with Crippen LogP contribution in [0.2, 0.25) is 0 Å². The van der Waals surface area contributed by atoms with Gasteiger partial charge in [0.05, 0.1) is 0 Å². The van der Waals surface area contributed by atoms with Crippen molar-refractivity contribution in [1.82, 2.24) is 10.2 Å². The van der Waals surface area contributed by atoms with Gasteiger partial charge in [0.15, 0.2) is 0 Å². The molecule has 0 radical (unpaired) electrons. The first-order valence-electron chi connectivity index (χ1n) is 4.54. The minimum Gasteiger partial charge on any atom is -0.344 e. The highest BCUT2D eigenvalue weighted by Crippen LogP contribution is 2.00. The van der Waals surface area contributed by atoms with Crippen LogP contribution in [-0.2, 0) is 9.59 Å². The number of amides is 2. The van der Waals surface area contributed by atoms with Crippen molar-refractivity contribution in [2.24, 2.45) is 0 Å². The minimum atomic E-state index is -0.525. The molecule has 0 aliphatic rings. The van der Waals surface area contributed by atoms with E-state index in [4.69, 9.17) is 0 Å². The number of likely N-dealkylation sites (N-methyl/N-ethyl adjacent to an activating group) is 1. The van der Waals surface area contributed by atoms with Gasteiger partial charge in [-0.25, -0.2) is 0 Å². The molecule has 0 aliphatic heterocycles. The van der Waals surface area contributed by atoms with Crippen molar-refractivity contribution in [1.29, 1.82) is 0 Å². The SMILES string of the molecule is CC(=O)NC(CS)C(=O)N(C)C(C)C. The van der Waals surface area contributed by atoms with Crippen molar-refractivity contribution >= 4 is 24.4 Å². The van der Waals surface area contributed by atoms with Crippen LogP contribution in [0.1, 0.15) is 20.8 Å². The molecule has 0 bridgehead atoms. The van der Waals surface area contributed by atoms with Gasteiger partial charge < -0.3 is 10.2 Å². The third-order valence-corrected chi connectivity index (χ3v) is 2.35. The van der Waals surface area contributed by atoms with E-state index in [1.165, 1.54) is 6.92 Å². The molecule has 1 atom stereocenters. The van der Waals surface area contributed by atoms with Crippen molar-refractivity contribution < 1.29 is 9.59 Å². The Kier molecular flexibility index (Phi) is 5.60. The zero-order valence-electron chi connectivity index (χ0n) is 9.07. The van der Waals surface area contributed by atoms with Gasteiger partial charge in [0.25, 0.3) is 0 Å². The number of nitrogens with one attached hydrogen (secondary N) is 1. The normalized spacial score (nSPS) is 12.4. The number of nitrogens with zero attached hydrogens (tertiary/aromatic N) is 1. The summed E-state index contributed by atoms with van der Waals surface area (Å²) in [7, 11) is 1.71. The quantitative estimate of drug-likeness (QED) is 0.666. The fraction of sp³-hybridized carbons (Fsp3) is 0.778. The molecular weight excluding hydrogens is 200 g/mol. The van der Waals surface area contributed by atoms with Crippen LogP contribution in [0.5, 0.6) is 0 Å². The molecule has 2 amide bonds. The molecule has 82 valence electrons. The Balaban J connectivity index is 4.38. The molecule has 0 saturated carbocycles. The van der Waals surface area contributed by atoms with Gasteiger partial charge in [0, 0.05) is 25.8 Å². The maximum Gasteiger partial charge on any atom is 0.245 e. The van der Waals surface area contributed by atoms with Gasteiger partial charge in [-0.3, -0.25) is 9.59 Å². The van der Waals surface area contributed by atoms with E-state index in [-0.39, 0.29) is 17.9 Å². The van der Waals surface area contributed by atoms with Gasteiger partial charge in [-0.05, 0) is 13.8 Å². The number of hydrogen-bond donors (Lipinski definition) is 2. The Morgan fingerprint density at radius 3 is 2.21 bits per heavy atom. The predicted octanol–water partition coefficient (Wildman–Crippen LogP) is 0.288. The molecule has 0 aromatic rings. The molecule has 4 nitrogen and oxygen atoms in total. The first-order chi connectivity index (χ1) is 6.40. The van der Waals surface area contributed by atoms with E-state index < -0.39 is 6.04 Å². The van der Waals surface area contributed by atoms with Crippen LogP contribution in [0.15, 0.2) is 0 Å². The monoisotopic (exact) mass is 218 g/mol. The number of hydrogen-bond acceptors (Lipinski definition) is 3. The largest absolute Gasteiger partial charge is 0.344 e. The third kappa shape index (κ3) is 4.00. The second-order valence-electron chi connectivity index (χ2n) is 3.48. The van der Waals surface area contributed by atoms with Crippen molar-refractivity contribution in [3.8, 4) is 0 Å². The number of carbonyl (C=O) groups is 2. The number of thiol groups is 1. The Morgan fingerprint density at radius 2 is 1.93 bits per heavy atom. The Hall–Kier alpha value is -0.710. The van der Waals surface area contributed by atoms with Gasteiger partial charge in [0.1, 0.15) is 6.04 Å². The van der Waals surface area contributed by atoms with Crippen LogP contribution in [0.25, 0.3) is 0 Å². The maximum absolute atomic E-state index is 11.7. The molecule has 1 unspecified atom stereocenters. The fourth-order valence-electron chi connectivity index (χ4n) is 0.931. The average Bonchev–Trinajstić information content (AvgIpc) is 2.11. The van der Waals surface area contributed by atoms with Crippen LogP contribution in [-0.4, -0.2) is 41.6 Å². The summed E-state index contributed by atoms with van der Waals surface area (Å²) >= 11 is 4.03. The summed E-state index contributed by atoms with van der Waals surface area (Å²) in [6.07, 6.45) is 0. The standard InChI is InChI=1S/C9H18N2O2S/c1-6(2)11(4)9(13)8(5-14)10-7(3)12/h6,8,14H,5H2,1-4H3,(H,10,12). The molecule has 1 N–H and O–H groups in total. The third-order valence-electron chi connectivity index (χ3n) is 1.98. The summed E-state index contributed by atoms with van der Waals surface area (Å²) in [6.45, 7) is 5.22.